The van der Waals surface area contributed by atoms with Gasteiger partial charge in [-0.15, -0.1) is 15.3 Å². The van der Waals surface area contributed by atoms with Gasteiger partial charge >= 0.3 is 0 Å². The third-order valence-electron chi connectivity index (χ3n) is 4.68. The number of fused-ring (bicyclic) bond motifs is 1. The van der Waals surface area contributed by atoms with Gasteiger partial charge in [0.05, 0.1) is 6.10 Å². The average Bonchev–Trinajstić information content (AvgIpc) is 3.05. The van der Waals surface area contributed by atoms with Gasteiger partial charge in [0.25, 0.3) is 0 Å². The number of hydrogen-bond acceptors (Lipinski definition) is 5. The summed E-state index contributed by atoms with van der Waals surface area (Å²) in [5.41, 5.74) is 1.86. The maximum absolute atomic E-state index is 6.17. The van der Waals surface area contributed by atoms with Gasteiger partial charge < -0.3 is 9.64 Å². The second-order valence-corrected chi connectivity index (χ2v) is 7.99. The highest BCUT2D eigenvalue weighted by molar-refractivity contribution is 5.47. The van der Waals surface area contributed by atoms with Gasteiger partial charge in [-0.25, -0.2) is 0 Å². The molecule has 0 N–H and O–H groups in total. The predicted octanol–water partition coefficient (Wildman–Crippen LogP) is 3.39. The van der Waals surface area contributed by atoms with Crippen molar-refractivity contribution in [2.45, 2.75) is 45.3 Å². The summed E-state index contributed by atoms with van der Waals surface area (Å²) in [4.78, 5) is 2.29. The van der Waals surface area contributed by atoms with Crippen LogP contribution in [0.4, 0.5) is 5.82 Å². The molecule has 0 bridgehead atoms. The van der Waals surface area contributed by atoms with Crippen LogP contribution in [0.3, 0.4) is 0 Å². The molecule has 6 heteroatoms. The Morgan fingerprint density at radius 3 is 2.50 bits per heavy atom. The van der Waals surface area contributed by atoms with Gasteiger partial charge in [0, 0.05) is 18.5 Å². The minimum Gasteiger partial charge on any atom is -0.367 e. The van der Waals surface area contributed by atoms with Gasteiger partial charge in [-0.1, -0.05) is 51.1 Å². The molecule has 1 fully saturated rings. The van der Waals surface area contributed by atoms with Crippen LogP contribution in [0.1, 0.15) is 45.2 Å². The normalized spacial score (nSPS) is 21.3. The maximum atomic E-state index is 6.17. The summed E-state index contributed by atoms with van der Waals surface area (Å²) in [5, 5.41) is 13.4. The molecule has 1 saturated heterocycles. The molecule has 1 aliphatic heterocycles. The van der Waals surface area contributed by atoms with Crippen molar-refractivity contribution >= 4 is 11.5 Å². The van der Waals surface area contributed by atoms with Crippen LogP contribution in [0.15, 0.2) is 42.5 Å². The van der Waals surface area contributed by atoms with Crippen molar-refractivity contribution in [3.05, 3.63) is 53.9 Å². The Hall–Kier alpha value is -2.47. The second kappa shape index (κ2) is 6.36. The summed E-state index contributed by atoms with van der Waals surface area (Å²) in [6.07, 6.45) is 0.176. The lowest BCUT2D eigenvalue weighted by atomic mass is 9.96. The van der Waals surface area contributed by atoms with Crippen LogP contribution >= 0.6 is 0 Å². The summed E-state index contributed by atoms with van der Waals surface area (Å²) in [6.45, 7) is 10.1. The Morgan fingerprint density at radius 2 is 1.77 bits per heavy atom. The van der Waals surface area contributed by atoms with E-state index in [-0.39, 0.29) is 17.6 Å². The topological polar surface area (TPSA) is 55.6 Å². The number of morpholine rings is 1. The van der Waals surface area contributed by atoms with Crippen LogP contribution in [0.2, 0.25) is 0 Å². The number of ether oxygens (including phenoxy) is 1. The highest BCUT2D eigenvalue weighted by Crippen LogP contribution is 2.28. The molecule has 2 atom stereocenters. The van der Waals surface area contributed by atoms with Crippen LogP contribution in [0.5, 0.6) is 0 Å². The van der Waals surface area contributed by atoms with Crippen LogP contribution in [-0.4, -0.2) is 39.0 Å². The maximum Gasteiger partial charge on any atom is 0.178 e. The monoisotopic (exact) mass is 351 g/mol. The molecule has 3 heterocycles. The van der Waals surface area contributed by atoms with Crippen molar-refractivity contribution in [2.24, 2.45) is 0 Å². The van der Waals surface area contributed by atoms with Gasteiger partial charge in [0.2, 0.25) is 0 Å². The van der Waals surface area contributed by atoms with E-state index in [0.29, 0.717) is 0 Å². The van der Waals surface area contributed by atoms with Gasteiger partial charge in [-0.2, -0.15) is 4.52 Å². The molecule has 136 valence electrons. The molecule has 0 amide bonds. The predicted molar refractivity (Wildman–Crippen MR) is 101 cm³/mol. The zero-order valence-electron chi connectivity index (χ0n) is 15.8. The molecule has 1 aliphatic rings. The number of aromatic nitrogens is 4. The van der Waals surface area contributed by atoms with Crippen LogP contribution in [-0.2, 0) is 10.2 Å². The molecule has 26 heavy (non-hydrogen) atoms. The van der Waals surface area contributed by atoms with E-state index in [2.05, 4.69) is 67.1 Å². The van der Waals surface area contributed by atoms with E-state index >= 15 is 0 Å². The van der Waals surface area contributed by atoms with Crippen molar-refractivity contribution < 1.29 is 4.74 Å². The molecule has 2 unspecified atom stereocenters. The third-order valence-corrected chi connectivity index (χ3v) is 4.68. The molecule has 1 aromatic carbocycles. The molecular formula is C20H25N5O. The number of benzene rings is 1. The van der Waals surface area contributed by atoms with Crippen LogP contribution in [0, 0.1) is 0 Å². The lowest BCUT2D eigenvalue weighted by Gasteiger charge is -2.37. The molecule has 0 radical (unpaired) electrons. The van der Waals surface area contributed by atoms with Crippen LogP contribution < -0.4 is 4.90 Å². The number of rotatable bonds is 2. The van der Waals surface area contributed by atoms with Gasteiger partial charge in [0.1, 0.15) is 11.9 Å². The molecule has 0 saturated carbocycles. The first-order valence-corrected chi connectivity index (χ1v) is 9.10. The van der Waals surface area contributed by atoms with Gasteiger partial charge in [0.15, 0.2) is 11.5 Å². The lowest BCUT2D eigenvalue weighted by molar-refractivity contribution is -0.0176. The largest absolute Gasteiger partial charge is 0.367 e. The second-order valence-electron chi connectivity index (χ2n) is 7.99. The standard InChI is InChI=1S/C20H25N5O/c1-14-12-24(13-16(26-14)15-8-6-5-7-9-15)18-11-10-17-21-22-19(20(2,3)4)25(17)23-18/h5-11,14,16H,12-13H2,1-4H3. The van der Waals surface area contributed by atoms with Crippen molar-refractivity contribution in [1.29, 1.82) is 0 Å². The molecule has 2 aromatic heterocycles. The molecule has 4 rings (SSSR count). The first-order valence-electron chi connectivity index (χ1n) is 9.10. The zero-order valence-corrected chi connectivity index (χ0v) is 15.8. The average molecular weight is 351 g/mol. The Labute approximate surface area is 153 Å². The smallest absolute Gasteiger partial charge is 0.178 e. The van der Waals surface area contributed by atoms with Crippen molar-refractivity contribution in [2.75, 3.05) is 18.0 Å². The van der Waals surface area contributed by atoms with E-state index in [1.165, 1.54) is 5.56 Å². The highest BCUT2D eigenvalue weighted by Gasteiger charge is 2.28. The Morgan fingerprint density at radius 1 is 1.00 bits per heavy atom. The molecule has 0 spiro atoms. The SMILES string of the molecule is CC1CN(c2ccc3nnc(C(C)(C)C)n3n2)CC(c2ccccc2)O1. The Bertz CT molecular complexity index is 899. The summed E-state index contributed by atoms with van der Waals surface area (Å²) >= 11 is 0. The summed E-state index contributed by atoms with van der Waals surface area (Å²) < 4.78 is 8.04. The van der Waals surface area contributed by atoms with E-state index in [1.807, 2.05) is 22.7 Å². The first-order chi connectivity index (χ1) is 12.4. The van der Waals surface area contributed by atoms with Gasteiger partial charge in [-0.3, -0.25) is 0 Å². The highest BCUT2D eigenvalue weighted by atomic mass is 16.5. The minimum atomic E-state index is -0.115. The van der Waals surface area contributed by atoms with E-state index in [1.54, 1.807) is 0 Å². The molecular weight excluding hydrogens is 326 g/mol. The number of anilines is 1. The van der Waals surface area contributed by atoms with E-state index in [9.17, 15) is 0 Å². The Kier molecular flexibility index (Phi) is 4.15. The summed E-state index contributed by atoms with van der Waals surface area (Å²) in [7, 11) is 0. The zero-order chi connectivity index (χ0) is 18.3. The Balaban J connectivity index is 1.68. The van der Waals surface area contributed by atoms with Crippen molar-refractivity contribution in [1.82, 2.24) is 19.8 Å². The van der Waals surface area contributed by atoms with Crippen molar-refractivity contribution in [3.63, 3.8) is 0 Å². The van der Waals surface area contributed by atoms with E-state index in [0.717, 1.165) is 30.4 Å². The minimum absolute atomic E-state index is 0.0421. The fraction of sp³-hybridized carbons (Fsp3) is 0.450. The number of nitrogens with zero attached hydrogens (tertiary/aromatic N) is 5. The summed E-state index contributed by atoms with van der Waals surface area (Å²) in [6, 6.07) is 14.4. The van der Waals surface area contributed by atoms with Crippen LogP contribution in [0.25, 0.3) is 5.65 Å². The lowest BCUT2D eigenvalue weighted by Crippen LogP contribution is -2.43. The van der Waals surface area contributed by atoms with Crippen molar-refractivity contribution in [3.8, 4) is 0 Å². The fourth-order valence-electron chi connectivity index (χ4n) is 3.41. The molecule has 0 aliphatic carbocycles. The quantitative estimate of drug-likeness (QED) is 0.708. The molecule has 3 aromatic rings. The number of hydrogen-bond donors (Lipinski definition) is 0. The summed E-state index contributed by atoms with van der Waals surface area (Å²) in [5.74, 6) is 1.80. The third kappa shape index (κ3) is 3.17. The fourth-order valence-corrected chi connectivity index (χ4v) is 3.41. The molecule has 6 nitrogen and oxygen atoms in total. The van der Waals surface area contributed by atoms with E-state index in [4.69, 9.17) is 9.84 Å². The first kappa shape index (κ1) is 17.0. The van der Waals surface area contributed by atoms with E-state index < -0.39 is 0 Å². The van der Waals surface area contributed by atoms with Gasteiger partial charge in [-0.05, 0) is 24.6 Å².